The van der Waals surface area contributed by atoms with E-state index in [1.54, 1.807) is 6.07 Å². The number of alkyl halides is 3. The Bertz CT molecular complexity index is 486. The highest BCUT2D eigenvalue weighted by molar-refractivity contribution is 5.73. The van der Waals surface area contributed by atoms with Gasteiger partial charge in [0.2, 0.25) is 0 Å². The topological polar surface area (TPSA) is 63.3 Å². The van der Waals surface area contributed by atoms with Crippen molar-refractivity contribution in [3.63, 3.8) is 0 Å². The maximum Gasteiger partial charge on any atom is 0.490 e. The minimum atomic E-state index is -5.08. The van der Waals surface area contributed by atoms with Gasteiger partial charge >= 0.3 is 12.1 Å². The van der Waals surface area contributed by atoms with Crippen molar-refractivity contribution in [2.45, 2.75) is 19.0 Å². The Morgan fingerprint density at radius 1 is 1.33 bits per heavy atom. The third-order valence-corrected chi connectivity index (χ3v) is 2.28. The monoisotopic (exact) mass is 311 g/mol. The predicted octanol–water partition coefficient (Wildman–Crippen LogP) is 3.20. The Morgan fingerprint density at radius 2 is 1.90 bits per heavy atom. The molecule has 0 unspecified atom stereocenters. The molecule has 0 aliphatic rings. The van der Waals surface area contributed by atoms with E-state index >= 15 is 0 Å². The number of rotatable bonds is 4. The van der Waals surface area contributed by atoms with Crippen LogP contribution >= 0.6 is 0 Å². The second kappa shape index (κ2) is 9.06. The lowest BCUT2D eigenvalue weighted by molar-refractivity contribution is -0.192. The molecule has 8 heteroatoms. The third kappa shape index (κ3) is 8.74. The van der Waals surface area contributed by atoms with E-state index in [4.69, 9.17) is 15.6 Å². The van der Waals surface area contributed by atoms with Crippen LogP contribution in [0, 0.1) is 5.82 Å². The Morgan fingerprint density at radius 3 is 2.29 bits per heavy atom. The smallest absolute Gasteiger partial charge is 0.475 e. The molecule has 0 saturated heterocycles. The highest BCUT2D eigenvalue weighted by atomic mass is 19.4. The van der Waals surface area contributed by atoms with Crippen molar-refractivity contribution >= 4 is 5.97 Å². The standard InChI is InChI=1S/C11H13F2N.C2HF3O2/c12-7-10(8-14)5-4-9-2-1-3-11(13)6-9;3-2(4,5)1(6)7/h1-3,6-7H,4-5,8,14H2;(H,6,7)/b10-7-;. The first kappa shape index (κ1) is 19.0. The van der Waals surface area contributed by atoms with E-state index in [9.17, 15) is 22.0 Å². The molecule has 1 aromatic carbocycles. The molecule has 0 saturated carbocycles. The fourth-order valence-electron chi connectivity index (χ4n) is 1.20. The lowest BCUT2D eigenvalue weighted by atomic mass is 10.1. The van der Waals surface area contributed by atoms with Gasteiger partial charge in [-0.05, 0) is 36.1 Å². The second-order valence-corrected chi connectivity index (χ2v) is 3.90. The number of carbonyl (C=O) groups is 1. The van der Waals surface area contributed by atoms with Gasteiger partial charge in [-0.3, -0.25) is 0 Å². The minimum absolute atomic E-state index is 0.214. The summed E-state index contributed by atoms with van der Waals surface area (Å²) in [6.07, 6.45) is -3.40. The average Bonchev–Trinajstić information content (AvgIpc) is 2.39. The molecule has 0 aliphatic carbocycles. The van der Waals surface area contributed by atoms with Gasteiger partial charge in [0.05, 0.1) is 6.33 Å². The van der Waals surface area contributed by atoms with Crippen molar-refractivity contribution in [2.75, 3.05) is 6.54 Å². The van der Waals surface area contributed by atoms with Gasteiger partial charge in [0.15, 0.2) is 0 Å². The van der Waals surface area contributed by atoms with Crippen LogP contribution in [0.2, 0.25) is 0 Å². The van der Waals surface area contributed by atoms with E-state index in [1.165, 1.54) is 12.1 Å². The number of nitrogens with two attached hydrogens (primary N) is 1. The fraction of sp³-hybridized carbons (Fsp3) is 0.308. The molecule has 0 bridgehead atoms. The molecule has 3 N–H and O–H groups in total. The van der Waals surface area contributed by atoms with Gasteiger partial charge in [-0.2, -0.15) is 13.2 Å². The van der Waals surface area contributed by atoms with Gasteiger partial charge < -0.3 is 10.8 Å². The Kier molecular flexibility index (Phi) is 8.22. The molecule has 0 amide bonds. The number of hydrogen-bond donors (Lipinski definition) is 2. The maximum atomic E-state index is 12.7. The van der Waals surface area contributed by atoms with Gasteiger partial charge in [-0.15, -0.1) is 0 Å². The molecule has 21 heavy (non-hydrogen) atoms. The van der Waals surface area contributed by atoms with E-state index in [-0.39, 0.29) is 12.4 Å². The van der Waals surface area contributed by atoms with Crippen LogP contribution in [0.5, 0.6) is 0 Å². The Labute approximate surface area is 117 Å². The summed E-state index contributed by atoms with van der Waals surface area (Å²) in [5.41, 5.74) is 6.70. The van der Waals surface area contributed by atoms with Crippen molar-refractivity contribution in [2.24, 2.45) is 5.73 Å². The first-order valence-corrected chi connectivity index (χ1v) is 5.73. The zero-order valence-corrected chi connectivity index (χ0v) is 10.8. The summed E-state index contributed by atoms with van der Waals surface area (Å²) in [7, 11) is 0. The molecular formula is C13H14F5NO2. The normalized spacial score (nSPS) is 11.6. The van der Waals surface area contributed by atoms with E-state index < -0.39 is 12.1 Å². The molecule has 1 aromatic rings. The number of carboxylic acid groups (broad SMARTS) is 1. The zero-order chi connectivity index (χ0) is 16.5. The van der Waals surface area contributed by atoms with Crippen molar-refractivity contribution in [3.05, 3.63) is 47.5 Å². The second-order valence-electron chi connectivity index (χ2n) is 3.90. The molecule has 3 nitrogen and oxygen atoms in total. The van der Waals surface area contributed by atoms with Crippen LogP contribution in [0.15, 0.2) is 36.2 Å². The van der Waals surface area contributed by atoms with Crippen LogP contribution < -0.4 is 5.73 Å². The molecule has 1 rings (SSSR count). The molecule has 0 radical (unpaired) electrons. The number of halogens is 5. The van der Waals surface area contributed by atoms with Crippen LogP contribution in [0.4, 0.5) is 22.0 Å². The number of benzene rings is 1. The Hall–Kier alpha value is -1.96. The van der Waals surface area contributed by atoms with Gasteiger partial charge in [0, 0.05) is 6.54 Å². The van der Waals surface area contributed by atoms with Crippen molar-refractivity contribution in [1.29, 1.82) is 0 Å². The summed E-state index contributed by atoms with van der Waals surface area (Å²) >= 11 is 0. The first-order chi connectivity index (χ1) is 9.70. The van der Waals surface area contributed by atoms with Gasteiger partial charge in [-0.1, -0.05) is 12.1 Å². The SMILES string of the molecule is NC/C(=C\F)CCc1cccc(F)c1.O=C(O)C(F)(F)F. The lowest BCUT2D eigenvalue weighted by Crippen LogP contribution is -2.21. The van der Waals surface area contributed by atoms with Crippen molar-refractivity contribution < 1.29 is 31.9 Å². The molecule has 0 aromatic heterocycles. The quantitative estimate of drug-likeness (QED) is 0.839. The summed E-state index contributed by atoms with van der Waals surface area (Å²) in [6, 6.07) is 6.30. The number of aryl methyl sites for hydroxylation is 1. The predicted molar refractivity (Wildman–Crippen MR) is 66.7 cm³/mol. The molecular weight excluding hydrogens is 297 g/mol. The number of carboxylic acids is 1. The van der Waals surface area contributed by atoms with Gasteiger partial charge in [-0.25, -0.2) is 13.6 Å². The fourth-order valence-corrected chi connectivity index (χ4v) is 1.20. The summed E-state index contributed by atoms with van der Waals surface area (Å²) in [5, 5.41) is 7.12. The molecule has 0 fully saturated rings. The third-order valence-electron chi connectivity index (χ3n) is 2.28. The molecule has 118 valence electrons. The van der Waals surface area contributed by atoms with E-state index in [2.05, 4.69) is 0 Å². The highest BCUT2D eigenvalue weighted by Gasteiger charge is 2.38. The van der Waals surface area contributed by atoms with E-state index in [0.29, 0.717) is 24.7 Å². The van der Waals surface area contributed by atoms with Gasteiger partial charge in [0.1, 0.15) is 5.82 Å². The molecule has 0 atom stereocenters. The highest BCUT2D eigenvalue weighted by Crippen LogP contribution is 2.13. The summed E-state index contributed by atoms with van der Waals surface area (Å²) in [4.78, 5) is 8.90. The average molecular weight is 311 g/mol. The van der Waals surface area contributed by atoms with E-state index in [1.807, 2.05) is 6.07 Å². The summed E-state index contributed by atoms with van der Waals surface area (Å²) in [5.74, 6) is -3.02. The zero-order valence-electron chi connectivity index (χ0n) is 10.8. The summed E-state index contributed by atoms with van der Waals surface area (Å²) in [6.45, 7) is 0.214. The molecule has 0 aliphatic heterocycles. The van der Waals surface area contributed by atoms with E-state index in [0.717, 1.165) is 5.56 Å². The number of aliphatic carboxylic acids is 1. The van der Waals surface area contributed by atoms with Crippen LogP contribution in [0.3, 0.4) is 0 Å². The molecule has 0 spiro atoms. The largest absolute Gasteiger partial charge is 0.490 e. The Balaban J connectivity index is 0.000000486. The molecule has 0 heterocycles. The minimum Gasteiger partial charge on any atom is -0.475 e. The van der Waals surface area contributed by atoms with Crippen LogP contribution in [-0.4, -0.2) is 23.8 Å². The van der Waals surface area contributed by atoms with Gasteiger partial charge in [0.25, 0.3) is 0 Å². The number of hydrogen-bond acceptors (Lipinski definition) is 2. The maximum absolute atomic E-state index is 12.7. The van der Waals surface area contributed by atoms with Crippen molar-refractivity contribution in [1.82, 2.24) is 0 Å². The van der Waals surface area contributed by atoms with Crippen LogP contribution in [0.25, 0.3) is 0 Å². The van der Waals surface area contributed by atoms with Crippen molar-refractivity contribution in [3.8, 4) is 0 Å². The van der Waals surface area contributed by atoms with Crippen LogP contribution in [-0.2, 0) is 11.2 Å². The first-order valence-electron chi connectivity index (χ1n) is 5.73. The lowest BCUT2D eigenvalue weighted by Gasteiger charge is -2.02. The summed E-state index contributed by atoms with van der Waals surface area (Å²) < 4.78 is 56.6. The van der Waals surface area contributed by atoms with Crippen LogP contribution in [0.1, 0.15) is 12.0 Å².